The van der Waals surface area contributed by atoms with Gasteiger partial charge in [0.05, 0.1) is 4.08 Å². The van der Waals surface area contributed by atoms with Gasteiger partial charge in [-0.05, 0) is 25.4 Å². The largest absolute Gasteiger partial charge is 0.148 e. The van der Waals surface area contributed by atoms with E-state index in [1.807, 2.05) is 11.8 Å². The molecule has 1 atom stereocenters. The van der Waals surface area contributed by atoms with E-state index in [-0.39, 0.29) is 0 Å². The van der Waals surface area contributed by atoms with Crippen molar-refractivity contribution < 1.29 is 0 Å². The Balaban J connectivity index is 3.69. The van der Waals surface area contributed by atoms with Gasteiger partial charge in [-0.15, -0.1) is 23.5 Å². The second kappa shape index (κ2) is 5.36. The maximum Gasteiger partial charge on any atom is 0.0580 e. The van der Waals surface area contributed by atoms with Crippen LogP contribution in [0.25, 0.3) is 0 Å². The van der Waals surface area contributed by atoms with Gasteiger partial charge in [0, 0.05) is 0 Å². The van der Waals surface area contributed by atoms with E-state index in [4.69, 9.17) is 0 Å². The van der Waals surface area contributed by atoms with Gasteiger partial charge in [-0.3, -0.25) is 0 Å². The third-order valence-corrected chi connectivity index (χ3v) is 4.61. The van der Waals surface area contributed by atoms with E-state index in [2.05, 4.69) is 38.8 Å². The standard InChI is InChI=1S/C8H18S2/c1-5-7-8(3,9-4)10-6-2/h5-7H2,1-4H3. The summed E-state index contributed by atoms with van der Waals surface area (Å²) >= 11 is 4.05. The average molecular weight is 178 g/mol. The number of hydrogen-bond donors (Lipinski definition) is 0. The molecular formula is C8H18S2. The summed E-state index contributed by atoms with van der Waals surface area (Å²) in [6.45, 7) is 6.83. The third kappa shape index (κ3) is 3.77. The maximum absolute atomic E-state index is 2.34. The Morgan fingerprint density at radius 3 is 2.20 bits per heavy atom. The first kappa shape index (κ1) is 10.7. The van der Waals surface area contributed by atoms with Crippen LogP contribution in [0.1, 0.15) is 33.6 Å². The van der Waals surface area contributed by atoms with Crippen LogP contribution in [0.3, 0.4) is 0 Å². The minimum atomic E-state index is 0.476. The van der Waals surface area contributed by atoms with Crippen molar-refractivity contribution in [3.05, 3.63) is 0 Å². The zero-order valence-electron chi connectivity index (χ0n) is 7.44. The quantitative estimate of drug-likeness (QED) is 0.590. The molecule has 1 unspecified atom stereocenters. The second-order valence-electron chi connectivity index (χ2n) is 2.52. The van der Waals surface area contributed by atoms with Crippen LogP contribution in [0, 0.1) is 0 Å². The van der Waals surface area contributed by atoms with Gasteiger partial charge < -0.3 is 0 Å². The molecule has 0 saturated heterocycles. The van der Waals surface area contributed by atoms with Gasteiger partial charge >= 0.3 is 0 Å². The van der Waals surface area contributed by atoms with Crippen LogP contribution >= 0.6 is 23.5 Å². The zero-order valence-corrected chi connectivity index (χ0v) is 9.07. The van der Waals surface area contributed by atoms with E-state index in [1.54, 1.807) is 0 Å². The summed E-state index contributed by atoms with van der Waals surface area (Å²) in [5, 5.41) is 0. The first-order valence-electron chi connectivity index (χ1n) is 3.87. The number of rotatable bonds is 5. The van der Waals surface area contributed by atoms with Gasteiger partial charge in [0.2, 0.25) is 0 Å². The summed E-state index contributed by atoms with van der Waals surface area (Å²) < 4.78 is 0.476. The molecule has 0 aliphatic carbocycles. The minimum Gasteiger partial charge on any atom is -0.148 e. The molecule has 0 aliphatic heterocycles. The van der Waals surface area contributed by atoms with E-state index in [0.29, 0.717) is 4.08 Å². The van der Waals surface area contributed by atoms with E-state index in [9.17, 15) is 0 Å². The molecule has 62 valence electrons. The Hall–Kier alpha value is 0.700. The van der Waals surface area contributed by atoms with Crippen molar-refractivity contribution >= 4 is 23.5 Å². The molecule has 10 heavy (non-hydrogen) atoms. The summed E-state index contributed by atoms with van der Waals surface area (Å²) in [5.41, 5.74) is 0. The highest BCUT2D eigenvalue weighted by Crippen LogP contribution is 2.38. The first-order chi connectivity index (χ1) is 4.68. The van der Waals surface area contributed by atoms with E-state index in [1.165, 1.54) is 18.6 Å². The van der Waals surface area contributed by atoms with Crippen LogP contribution in [0.5, 0.6) is 0 Å². The van der Waals surface area contributed by atoms with Crippen LogP contribution in [-0.4, -0.2) is 16.1 Å². The van der Waals surface area contributed by atoms with Crippen molar-refractivity contribution in [1.82, 2.24) is 0 Å². The minimum absolute atomic E-state index is 0.476. The Morgan fingerprint density at radius 1 is 1.30 bits per heavy atom. The Labute approximate surface area is 73.5 Å². The molecule has 0 spiro atoms. The topological polar surface area (TPSA) is 0 Å². The van der Waals surface area contributed by atoms with Crippen molar-refractivity contribution in [3.63, 3.8) is 0 Å². The smallest absolute Gasteiger partial charge is 0.0580 e. The molecule has 0 rings (SSSR count). The molecular weight excluding hydrogens is 160 g/mol. The molecule has 0 aliphatic rings. The van der Waals surface area contributed by atoms with Crippen LogP contribution in [-0.2, 0) is 0 Å². The third-order valence-electron chi connectivity index (χ3n) is 1.59. The second-order valence-corrected chi connectivity index (χ2v) is 5.86. The van der Waals surface area contributed by atoms with E-state index in [0.717, 1.165) is 0 Å². The van der Waals surface area contributed by atoms with Gasteiger partial charge in [0.25, 0.3) is 0 Å². The van der Waals surface area contributed by atoms with Gasteiger partial charge in [0.15, 0.2) is 0 Å². The van der Waals surface area contributed by atoms with Gasteiger partial charge in [-0.25, -0.2) is 0 Å². The molecule has 0 aromatic carbocycles. The highest BCUT2D eigenvalue weighted by atomic mass is 32.2. The fourth-order valence-electron chi connectivity index (χ4n) is 0.993. The molecule has 2 heteroatoms. The molecule has 0 aromatic rings. The van der Waals surface area contributed by atoms with Crippen molar-refractivity contribution in [2.45, 2.75) is 37.7 Å². The molecule has 0 radical (unpaired) electrons. The molecule has 0 nitrogen and oxygen atoms in total. The lowest BCUT2D eigenvalue weighted by Crippen LogP contribution is -2.13. The van der Waals surface area contributed by atoms with Crippen LogP contribution < -0.4 is 0 Å². The Morgan fingerprint density at radius 2 is 1.90 bits per heavy atom. The molecule has 0 saturated carbocycles. The lowest BCUT2D eigenvalue weighted by atomic mass is 10.3. The van der Waals surface area contributed by atoms with Gasteiger partial charge in [-0.2, -0.15) is 0 Å². The van der Waals surface area contributed by atoms with Crippen LogP contribution in [0.4, 0.5) is 0 Å². The summed E-state index contributed by atoms with van der Waals surface area (Å²) in [6, 6.07) is 0. The van der Waals surface area contributed by atoms with Crippen molar-refractivity contribution in [3.8, 4) is 0 Å². The van der Waals surface area contributed by atoms with Crippen molar-refractivity contribution in [2.75, 3.05) is 12.0 Å². The summed E-state index contributed by atoms with van der Waals surface area (Å²) in [6.07, 6.45) is 4.83. The first-order valence-corrected chi connectivity index (χ1v) is 6.08. The van der Waals surface area contributed by atoms with Crippen LogP contribution in [0.15, 0.2) is 0 Å². The lowest BCUT2D eigenvalue weighted by molar-refractivity contribution is 0.748. The Kier molecular flexibility index (Phi) is 5.74. The summed E-state index contributed by atoms with van der Waals surface area (Å²) in [7, 11) is 0. The van der Waals surface area contributed by atoms with E-state index >= 15 is 0 Å². The molecule has 0 fully saturated rings. The molecule has 0 amide bonds. The maximum atomic E-state index is 2.34. The highest BCUT2D eigenvalue weighted by Gasteiger charge is 2.20. The number of thioether (sulfide) groups is 2. The fraction of sp³-hybridized carbons (Fsp3) is 1.00. The van der Waals surface area contributed by atoms with Gasteiger partial charge in [0.1, 0.15) is 0 Å². The van der Waals surface area contributed by atoms with Crippen LogP contribution in [0.2, 0.25) is 0 Å². The highest BCUT2D eigenvalue weighted by molar-refractivity contribution is 8.17. The Bertz CT molecular complexity index is 75.3. The predicted octanol–water partition coefficient (Wildman–Crippen LogP) is 3.62. The molecule has 0 heterocycles. The van der Waals surface area contributed by atoms with Crippen molar-refractivity contribution in [2.24, 2.45) is 0 Å². The summed E-state index contributed by atoms with van der Waals surface area (Å²) in [4.78, 5) is 0. The summed E-state index contributed by atoms with van der Waals surface area (Å²) in [5.74, 6) is 1.23. The molecule has 0 aromatic heterocycles. The SMILES string of the molecule is CCCC(C)(SC)SCC. The van der Waals surface area contributed by atoms with E-state index < -0.39 is 0 Å². The predicted molar refractivity (Wildman–Crippen MR) is 55.0 cm³/mol. The average Bonchev–Trinajstić information content (AvgIpc) is 1.89. The van der Waals surface area contributed by atoms with Crippen molar-refractivity contribution in [1.29, 1.82) is 0 Å². The lowest BCUT2D eigenvalue weighted by Gasteiger charge is -2.25. The fourth-order valence-corrected chi connectivity index (χ4v) is 3.18. The molecule has 0 bridgehead atoms. The number of hydrogen-bond acceptors (Lipinski definition) is 2. The monoisotopic (exact) mass is 178 g/mol. The molecule has 0 N–H and O–H groups in total. The normalized spacial score (nSPS) is 16.8. The zero-order chi connectivity index (χ0) is 8.04. The van der Waals surface area contributed by atoms with Gasteiger partial charge in [-0.1, -0.05) is 20.3 Å².